The summed E-state index contributed by atoms with van der Waals surface area (Å²) in [6.45, 7) is 5.66. The lowest BCUT2D eigenvalue weighted by atomic mass is 10.2. The maximum atomic E-state index is 12.8. The van der Waals surface area contributed by atoms with Gasteiger partial charge < -0.3 is 15.4 Å². The topological polar surface area (TPSA) is 51.4 Å². The molecule has 0 saturated heterocycles. The molecule has 7 heteroatoms. The number of ether oxygens (including phenoxy) is 1. The maximum Gasteiger partial charge on any atom is 0.418 e. The number of hydrogen-bond acceptors (Lipinski definition) is 4. The van der Waals surface area contributed by atoms with Gasteiger partial charge in [0.25, 0.3) is 0 Å². The maximum absolute atomic E-state index is 12.8. The molecule has 2 aromatic rings. The molecular formula is C16H18F3N3O. The molecule has 0 spiro atoms. The van der Waals surface area contributed by atoms with E-state index in [9.17, 15) is 13.2 Å². The van der Waals surface area contributed by atoms with Crippen molar-refractivity contribution in [1.29, 1.82) is 0 Å². The molecule has 1 aromatic heterocycles. The molecule has 0 unspecified atom stereocenters. The minimum absolute atomic E-state index is 0.0914. The molecule has 0 radical (unpaired) electrons. The van der Waals surface area contributed by atoms with Crippen molar-refractivity contribution in [3.05, 3.63) is 42.1 Å². The molecule has 1 aromatic carbocycles. The summed E-state index contributed by atoms with van der Waals surface area (Å²) in [5.41, 5.74) is 5.64. The van der Waals surface area contributed by atoms with Gasteiger partial charge in [-0.3, -0.25) is 0 Å². The SMILES string of the molecule is CCN(CC)c1cccc(Oc2cc(C(F)(F)F)cnc2N)c1. The zero-order valence-corrected chi connectivity index (χ0v) is 12.9. The van der Waals surface area contributed by atoms with E-state index in [1.807, 2.05) is 19.9 Å². The summed E-state index contributed by atoms with van der Waals surface area (Å²) in [6, 6.07) is 7.96. The highest BCUT2D eigenvalue weighted by molar-refractivity contribution is 5.54. The Morgan fingerprint density at radius 1 is 1.17 bits per heavy atom. The van der Waals surface area contributed by atoms with Crippen LogP contribution in [0, 0.1) is 0 Å². The molecule has 0 aliphatic carbocycles. The fourth-order valence-electron chi connectivity index (χ4n) is 2.15. The number of aromatic nitrogens is 1. The molecule has 0 aliphatic rings. The van der Waals surface area contributed by atoms with Crippen molar-refractivity contribution in [1.82, 2.24) is 4.98 Å². The normalized spacial score (nSPS) is 11.3. The van der Waals surface area contributed by atoms with E-state index >= 15 is 0 Å². The van der Waals surface area contributed by atoms with Crippen molar-refractivity contribution in [2.75, 3.05) is 23.7 Å². The van der Waals surface area contributed by atoms with Crippen LogP contribution in [0.5, 0.6) is 11.5 Å². The van der Waals surface area contributed by atoms with Gasteiger partial charge >= 0.3 is 6.18 Å². The number of nitrogens with two attached hydrogens (primary N) is 1. The molecule has 2 N–H and O–H groups in total. The van der Waals surface area contributed by atoms with Crippen LogP contribution >= 0.6 is 0 Å². The fraction of sp³-hybridized carbons (Fsp3) is 0.312. The fourth-order valence-corrected chi connectivity index (χ4v) is 2.15. The highest BCUT2D eigenvalue weighted by atomic mass is 19.4. The van der Waals surface area contributed by atoms with Gasteiger partial charge in [0.2, 0.25) is 0 Å². The Morgan fingerprint density at radius 3 is 2.48 bits per heavy atom. The second kappa shape index (κ2) is 6.76. The molecule has 0 bridgehead atoms. The number of hydrogen-bond donors (Lipinski definition) is 1. The van der Waals surface area contributed by atoms with Crippen LogP contribution < -0.4 is 15.4 Å². The summed E-state index contributed by atoms with van der Waals surface area (Å²) >= 11 is 0. The van der Waals surface area contributed by atoms with Gasteiger partial charge in [0.05, 0.1) is 5.56 Å². The van der Waals surface area contributed by atoms with E-state index < -0.39 is 11.7 Å². The Balaban J connectivity index is 2.31. The first-order valence-corrected chi connectivity index (χ1v) is 7.20. The second-order valence-electron chi connectivity index (χ2n) is 4.88. The Morgan fingerprint density at radius 2 is 1.87 bits per heavy atom. The predicted octanol–water partition coefficient (Wildman–Crippen LogP) is 4.32. The largest absolute Gasteiger partial charge is 0.453 e. The molecule has 124 valence electrons. The third kappa shape index (κ3) is 4.06. The number of nitrogens with zero attached hydrogens (tertiary/aromatic N) is 2. The molecule has 0 fully saturated rings. The number of nitrogen functional groups attached to an aromatic ring is 1. The van der Waals surface area contributed by atoms with Crippen molar-refractivity contribution in [2.45, 2.75) is 20.0 Å². The van der Waals surface area contributed by atoms with Gasteiger partial charge in [0.15, 0.2) is 11.6 Å². The Kier molecular flexibility index (Phi) is 4.98. The van der Waals surface area contributed by atoms with E-state index in [1.165, 1.54) is 0 Å². The average molecular weight is 325 g/mol. The highest BCUT2D eigenvalue weighted by Crippen LogP contribution is 2.35. The number of anilines is 2. The summed E-state index contributed by atoms with van der Waals surface area (Å²) in [7, 11) is 0. The average Bonchev–Trinajstić information content (AvgIpc) is 2.50. The van der Waals surface area contributed by atoms with Crippen LogP contribution in [-0.4, -0.2) is 18.1 Å². The number of benzene rings is 1. The van der Waals surface area contributed by atoms with Crippen molar-refractivity contribution < 1.29 is 17.9 Å². The van der Waals surface area contributed by atoms with Gasteiger partial charge in [-0.2, -0.15) is 13.2 Å². The van der Waals surface area contributed by atoms with Crippen LogP contribution in [0.25, 0.3) is 0 Å². The van der Waals surface area contributed by atoms with Crippen LogP contribution in [0.1, 0.15) is 19.4 Å². The first-order valence-electron chi connectivity index (χ1n) is 7.20. The summed E-state index contributed by atoms with van der Waals surface area (Å²) in [6.07, 6.45) is -3.81. The Labute approximate surface area is 132 Å². The third-order valence-electron chi connectivity index (χ3n) is 3.38. The van der Waals surface area contributed by atoms with Gasteiger partial charge in [-0.05, 0) is 32.0 Å². The first kappa shape index (κ1) is 16.9. The minimum Gasteiger partial charge on any atom is -0.453 e. The number of pyridine rings is 1. The van der Waals surface area contributed by atoms with Crippen LogP contribution in [0.15, 0.2) is 36.5 Å². The van der Waals surface area contributed by atoms with Gasteiger partial charge in [-0.25, -0.2) is 4.98 Å². The van der Waals surface area contributed by atoms with E-state index in [-0.39, 0.29) is 11.6 Å². The lowest BCUT2D eigenvalue weighted by molar-refractivity contribution is -0.137. The molecule has 0 aliphatic heterocycles. The molecule has 4 nitrogen and oxygen atoms in total. The first-order chi connectivity index (χ1) is 10.8. The minimum atomic E-state index is -4.50. The lowest BCUT2D eigenvalue weighted by Crippen LogP contribution is -2.21. The standard InChI is InChI=1S/C16H18F3N3O/c1-3-22(4-2)12-6-5-7-13(9-12)23-14-8-11(16(17,18)19)10-21-15(14)20/h5-10H,3-4H2,1-2H3,(H2,20,21). The molecule has 2 rings (SSSR count). The molecule has 1 heterocycles. The lowest BCUT2D eigenvalue weighted by Gasteiger charge is -2.21. The monoisotopic (exact) mass is 325 g/mol. The van der Waals surface area contributed by atoms with Crippen molar-refractivity contribution in [3.63, 3.8) is 0 Å². The molecule has 0 atom stereocenters. The van der Waals surface area contributed by atoms with Crippen molar-refractivity contribution >= 4 is 11.5 Å². The van der Waals surface area contributed by atoms with Gasteiger partial charge in [-0.1, -0.05) is 6.07 Å². The van der Waals surface area contributed by atoms with Crippen LogP contribution in [0.2, 0.25) is 0 Å². The number of alkyl halides is 3. The van der Waals surface area contributed by atoms with Crippen molar-refractivity contribution in [2.24, 2.45) is 0 Å². The molecule has 0 saturated carbocycles. The Hall–Kier alpha value is -2.44. The third-order valence-corrected chi connectivity index (χ3v) is 3.38. The predicted molar refractivity (Wildman–Crippen MR) is 83.7 cm³/mol. The van der Waals surface area contributed by atoms with Crippen LogP contribution in [0.3, 0.4) is 0 Å². The quantitative estimate of drug-likeness (QED) is 0.889. The smallest absolute Gasteiger partial charge is 0.418 e. The zero-order chi connectivity index (χ0) is 17.0. The molecule has 23 heavy (non-hydrogen) atoms. The summed E-state index contributed by atoms with van der Waals surface area (Å²) < 4.78 is 43.8. The van der Waals surface area contributed by atoms with Crippen LogP contribution in [0.4, 0.5) is 24.7 Å². The summed E-state index contributed by atoms with van der Waals surface area (Å²) in [4.78, 5) is 5.65. The number of rotatable bonds is 5. The Bertz CT molecular complexity index is 670. The van der Waals surface area contributed by atoms with E-state index in [1.54, 1.807) is 18.2 Å². The number of halogens is 3. The molecule has 0 amide bonds. The van der Waals surface area contributed by atoms with Gasteiger partial charge in [0.1, 0.15) is 5.75 Å². The zero-order valence-electron chi connectivity index (χ0n) is 12.9. The summed E-state index contributed by atoms with van der Waals surface area (Å²) in [5.74, 6) is 0.199. The highest BCUT2D eigenvalue weighted by Gasteiger charge is 2.32. The van der Waals surface area contributed by atoms with E-state index in [4.69, 9.17) is 10.5 Å². The van der Waals surface area contributed by atoms with Crippen molar-refractivity contribution in [3.8, 4) is 11.5 Å². The summed E-state index contributed by atoms with van der Waals surface area (Å²) in [5, 5.41) is 0. The van der Waals surface area contributed by atoms with Gasteiger partial charge in [0, 0.05) is 31.0 Å². The van der Waals surface area contributed by atoms with Gasteiger partial charge in [-0.15, -0.1) is 0 Å². The van der Waals surface area contributed by atoms with E-state index in [0.717, 1.165) is 24.8 Å². The second-order valence-corrected chi connectivity index (χ2v) is 4.88. The van der Waals surface area contributed by atoms with Crippen LogP contribution in [-0.2, 0) is 6.18 Å². The van der Waals surface area contributed by atoms with E-state index in [2.05, 4.69) is 9.88 Å². The van der Waals surface area contributed by atoms with E-state index in [0.29, 0.717) is 11.9 Å². The molecular weight excluding hydrogens is 307 g/mol.